The zero-order chi connectivity index (χ0) is 15.4. The minimum absolute atomic E-state index is 0. The predicted molar refractivity (Wildman–Crippen MR) is 96.1 cm³/mol. The molecule has 3 heterocycles. The number of amides is 1. The molecule has 0 fully saturated rings. The zero-order valence-corrected chi connectivity index (χ0v) is 14.3. The van der Waals surface area contributed by atoms with Crippen LogP contribution >= 0.6 is 24.8 Å². The SMILES string of the molecule is Cl.Cl.N[C@H](Cc1ccncc1)C(=O)NCc1[nH]nc2ncccc12. The first-order chi connectivity index (χ1) is 10.7. The lowest BCUT2D eigenvalue weighted by atomic mass is 10.1. The highest BCUT2D eigenvalue weighted by Crippen LogP contribution is 2.12. The average Bonchev–Trinajstić information content (AvgIpc) is 2.97. The molecule has 0 bridgehead atoms. The van der Waals surface area contributed by atoms with Gasteiger partial charge in [-0.15, -0.1) is 24.8 Å². The van der Waals surface area contributed by atoms with Crippen LogP contribution in [0.3, 0.4) is 0 Å². The van der Waals surface area contributed by atoms with Crippen molar-refractivity contribution in [1.82, 2.24) is 25.5 Å². The Morgan fingerprint density at radius 3 is 2.71 bits per heavy atom. The summed E-state index contributed by atoms with van der Waals surface area (Å²) >= 11 is 0. The average molecular weight is 369 g/mol. The fourth-order valence-corrected chi connectivity index (χ4v) is 2.21. The van der Waals surface area contributed by atoms with Crippen molar-refractivity contribution in [1.29, 1.82) is 0 Å². The molecular formula is C15H18Cl2N6O. The maximum atomic E-state index is 12.1. The van der Waals surface area contributed by atoms with Crippen molar-refractivity contribution < 1.29 is 4.79 Å². The molecule has 0 aliphatic heterocycles. The molecule has 4 N–H and O–H groups in total. The first kappa shape index (κ1) is 19.8. The molecule has 0 aliphatic carbocycles. The third kappa shape index (κ3) is 4.64. The molecule has 24 heavy (non-hydrogen) atoms. The van der Waals surface area contributed by atoms with E-state index in [9.17, 15) is 4.79 Å². The Kier molecular flexibility index (Phi) is 7.57. The number of hydrogen-bond acceptors (Lipinski definition) is 5. The van der Waals surface area contributed by atoms with E-state index in [0.717, 1.165) is 16.6 Å². The lowest BCUT2D eigenvalue weighted by Crippen LogP contribution is -2.41. The van der Waals surface area contributed by atoms with Gasteiger partial charge >= 0.3 is 0 Å². The number of hydrogen-bond donors (Lipinski definition) is 3. The molecule has 3 aromatic rings. The van der Waals surface area contributed by atoms with Crippen LogP contribution in [0.25, 0.3) is 11.0 Å². The van der Waals surface area contributed by atoms with Gasteiger partial charge in [0.2, 0.25) is 5.91 Å². The Bertz CT molecular complexity index is 780. The smallest absolute Gasteiger partial charge is 0.237 e. The molecular weight excluding hydrogens is 351 g/mol. The summed E-state index contributed by atoms with van der Waals surface area (Å²) in [5.74, 6) is -0.205. The number of nitrogens with one attached hydrogen (secondary N) is 2. The van der Waals surface area contributed by atoms with Gasteiger partial charge in [0.05, 0.1) is 18.3 Å². The number of nitrogens with zero attached hydrogens (tertiary/aromatic N) is 3. The third-order valence-corrected chi connectivity index (χ3v) is 3.39. The number of fused-ring (bicyclic) bond motifs is 1. The highest BCUT2D eigenvalue weighted by atomic mass is 35.5. The Morgan fingerprint density at radius 1 is 1.21 bits per heavy atom. The summed E-state index contributed by atoms with van der Waals surface area (Å²) in [7, 11) is 0. The lowest BCUT2D eigenvalue weighted by molar-refractivity contribution is -0.122. The van der Waals surface area contributed by atoms with Gasteiger partial charge in [0, 0.05) is 24.0 Å². The fraction of sp³-hybridized carbons (Fsp3) is 0.200. The van der Waals surface area contributed by atoms with E-state index in [2.05, 4.69) is 25.5 Å². The summed E-state index contributed by atoms with van der Waals surface area (Å²) in [4.78, 5) is 20.1. The standard InChI is InChI=1S/C15H16N6O.2ClH/c16-12(8-10-3-6-17-7-4-10)15(22)19-9-13-11-2-1-5-18-14(11)21-20-13;;/h1-7,12H,8-9,16H2,(H,19,22)(H,18,20,21);2*1H/t12-;;/m1../s1. The van der Waals surface area contributed by atoms with Crippen LogP contribution in [-0.2, 0) is 17.8 Å². The van der Waals surface area contributed by atoms with Crippen LogP contribution in [0.4, 0.5) is 0 Å². The first-order valence-corrected chi connectivity index (χ1v) is 6.94. The molecule has 3 aromatic heterocycles. The maximum Gasteiger partial charge on any atom is 0.237 e. The van der Waals surface area contributed by atoms with Crippen molar-refractivity contribution >= 4 is 41.8 Å². The number of aromatic nitrogens is 4. The van der Waals surface area contributed by atoms with E-state index in [0.29, 0.717) is 18.6 Å². The van der Waals surface area contributed by atoms with Crippen molar-refractivity contribution in [2.45, 2.75) is 19.0 Å². The van der Waals surface area contributed by atoms with Gasteiger partial charge < -0.3 is 11.1 Å². The Labute approximate surface area is 151 Å². The summed E-state index contributed by atoms with van der Waals surface area (Å²) < 4.78 is 0. The number of H-pyrrole nitrogens is 1. The van der Waals surface area contributed by atoms with Crippen molar-refractivity contribution in [2.24, 2.45) is 5.73 Å². The highest BCUT2D eigenvalue weighted by Gasteiger charge is 2.15. The van der Waals surface area contributed by atoms with Gasteiger partial charge in [0.1, 0.15) is 0 Å². The molecule has 0 unspecified atom stereocenters. The molecule has 0 saturated heterocycles. The van der Waals surface area contributed by atoms with Crippen molar-refractivity contribution in [3.8, 4) is 0 Å². The molecule has 9 heteroatoms. The molecule has 0 radical (unpaired) electrons. The van der Waals surface area contributed by atoms with Gasteiger partial charge in [-0.1, -0.05) is 0 Å². The molecule has 0 spiro atoms. The first-order valence-electron chi connectivity index (χ1n) is 6.94. The normalized spacial score (nSPS) is 11.2. The maximum absolute atomic E-state index is 12.1. The Balaban J connectivity index is 0.00000144. The van der Waals surface area contributed by atoms with Gasteiger partial charge in [-0.3, -0.25) is 14.9 Å². The fourth-order valence-electron chi connectivity index (χ4n) is 2.21. The van der Waals surface area contributed by atoms with Gasteiger partial charge in [0.15, 0.2) is 5.65 Å². The van der Waals surface area contributed by atoms with Crippen molar-refractivity contribution in [2.75, 3.05) is 0 Å². The summed E-state index contributed by atoms with van der Waals surface area (Å²) in [5.41, 5.74) is 8.36. The largest absolute Gasteiger partial charge is 0.349 e. The van der Waals surface area contributed by atoms with Crippen LogP contribution in [0.5, 0.6) is 0 Å². The van der Waals surface area contributed by atoms with Crippen LogP contribution in [0.2, 0.25) is 0 Å². The summed E-state index contributed by atoms with van der Waals surface area (Å²) in [6.07, 6.45) is 5.52. The molecule has 7 nitrogen and oxygen atoms in total. The number of halogens is 2. The van der Waals surface area contributed by atoms with E-state index in [-0.39, 0.29) is 30.7 Å². The lowest BCUT2D eigenvalue weighted by Gasteiger charge is -2.11. The number of pyridine rings is 2. The molecule has 1 amide bonds. The van der Waals surface area contributed by atoms with E-state index < -0.39 is 6.04 Å². The molecule has 1 atom stereocenters. The second-order valence-electron chi connectivity index (χ2n) is 4.96. The molecule has 0 saturated carbocycles. The molecule has 3 rings (SSSR count). The van der Waals surface area contributed by atoms with Crippen LogP contribution in [-0.4, -0.2) is 32.1 Å². The van der Waals surface area contributed by atoms with Crippen LogP contribution in [0, 0.1) is 0 Å². The van der Waals surface area contributed by atoms with Gasteiger partial charge in [0.25, 0.3) is 0 Å². The minimum atomic E-state index is -0.602. The number of nitrogens with two attached hydrogens (primary N) is 1. The number of carbonyl (C=O) groups is 1. The predicted octanol–water partition coefficient (Wildman–Crippen LogP) is 1.38. The second kappa shape index (κ2) is 9.17. The van der Waals surface area contributed by atoms with E-state index in [1.165, 1.54) is 0 Å². The molecule has 0 aromatic carbocycles. The van der Waals surface area contributed by atoms with E-state index in [1.807, 2.05) is 24.3 Å². The quantitative estimate of drug-likeness (QED) is 0.630. The monoisotopic (exact) mass is 368 g/mol. The second-order valence-corrected chi connectivity index (χ2v) is 4.96. The van der Waals surface area contributed by atoms with Crippen LogP contribution in [0.1, 0.15) is 11.3 Å². The van der Waals surface area contributed by atoms with Crippen LogP contribution in [0.15, 0.2) is 42.9 Å². The van der Waals surface area contributed by atoms with E-state index in [4.69, 9.17) is 5.73 Å². The summed E-state index contributed by atoms with van der Waals surface area (Å²) in [6, 6.07) is 6.83. The Morgan fingerprint density at radius 2 is 1.96 bits per heavy atom. The zero-order valence-electron chi connectivity index (χ0n) is 12.7. The van der Waals surface area contributed by atoms with Crippen molar-refractivity contribution in [3.63, 3.8) is 0 Å². The van der Waals surface area contributed by atoms with Gasteiger partial charge in [-0.25, -0.2) is 4.98 Å². The minimum Gasteiger partial charge on any atom is -0.349 e. The summed E-state index contributed by atoms with van der Waals surface area (Å²) in [6.45, 7) is 0.338. The molecule has 0 aliphatic rings. The number of carbonyl (C=O) groups excluding carboxylic acids is 1. The van der Waals surface area contributed by atoms with Gasteiger partial charge in [-0.2, -0.15) is 5.10 Å². The van der Waals surface area contributed by atoms with E-state index >= 15 is 0 Å². The topological polar surface area (TPSA) is 110 Å². The third-order valence-electron chi connectivity index (χ3n) is 3.39. The Hall–Kier alpha value is -2.22. The summed E-state index contributed by atoms with van der Waals surface area (Å²) in [5, 5.41) is 10.7. The van der Waals surface area contributed by atoms with Crippen LogP contribution < -0.4 is 11.1 Å². The van der Waals surface area contributed by atoms with Crippen molar-refractivity contribution in [3.05, 3.63) is 54.1 Å². The number of aromatic amines is 1. The van der Waals surface area contributed by atoms with E-state index in [1.54, 1.807) is 18.6 Å². The number of rotatable bonds is 5. The molecule has 128 valence electrons. The highest BCUT2D eigenvalue weighted by molar-refractivity contribution is 5.85. The van der Waals surface area contributed by atoms with Gasteiger partial charge in [-0.05, 0) is 36.2 Å².